The number of amides is 1. The van der Waals surface area contributed by atoms with Crippen molar-refractivity contribution in [2.45, 2.75) is 39.2 Å². The van der Waals surface area contributed by atoms with Crippen molar-refractivity contribution in [1.29, 1.82) is 0 Å². The van der Waals surface area contributed by atoms with Crippen LogP contribution >= 0.6 is 0 Å². The van der Waals surface area contributed by atoms with Crippen molar-refractivity contribution < 1.29 is 4.79 Å². The Hall–Kier alpha value is -1.94. The topological polar surface area (TPSA) is 45.2 Å². The van der Waals surface area contributed by atoms with Crippen LogP contribution in [0.2, 0.25) is 0 Å². The summed E-state index contributed by atoms with van der Waals surface area (Å²) in [5.41, 5.74) is 3.59. The fourth-order valence-corrected chi connectivity index (χ4v) is 3.41. The highest BCUT2D eigenvalue weighted by atomic mass is 16.1. The average Bonchev–Trinajstić information content (AvgIpc) is 2.92. The number of aryl methyl sites for hydroxylation is 2. The third-order valence-electron chi connectivity index (χ3n) is 4.84. The van der Waals surface area contributed by atoms with Crippen LogP contribution in [0.4, 0.5) is 0 Å². The Balaban J connectivity index is 1.69. The van der Waals surface area contributed by atoms with Crippen LogP contribution in [-0.2, 0) is 0 Å². The largest absolute Gasteiger partial charge is 0.352 e. The number of benzene rings is 1. The molecule has 4 heteroatoms. The molecule has 2 heterocycles. The normalized spacial score (nSPS) is 18.5. The first-order valence-corrected chi connectivity index (χ1v) is 8.41. The van der Waals surface area contributed by atoms with Gasteiger partial charge in [0, 0.05) is 18.0 Å². The molecule has 0 saturated carbocycles. The maximum atomic E-state index is 12.5. The van der Waals surface area contributed by atoms with Crippen molar-refractivity contribution in [2.24, 2.45) is 0 Å². The molecule has 0 bridgehead atoms. The summed E-state index contributed by atoms with van der Waals surface area (Å²) in [5.74, 6) is -0.0148. The zero-order valence-electron chi connectivity index (χ0n) is 14.2. The number of likely N-dealkylation sites (tertiary alicyclic amines) is 1. The predicted octanol–water partition coefficient (Wildman–Crippen LogP) is 3.07. The van der Waals surface area contributed by atoms with Crippen molar-refractivity contribution in [3.8, 4) is 0 Å². The van der Waals surface area contributed by atoms with E-state index >= 15 is 0 Å². The molecule has 2 aromatic rings. The second-order valence-corrected chi connectivity index (χ2v) is 6.64. The lowest BCUT2D eigenvalue weighted by molar-refractivity contribution is 0.0949. The van der Waals surface area contributed by atoms with E-state index in [9.17, 15) is 4.79 Å². The smallest absolute Gasteiger partial charge is 0.253 e. The summed E-state index contributed by atoms with van der Waals surface area (Å²) in [7, 11) is 2.17. The highest BCUT2D eigenvalue weighted by molar-refractivity contribution is 5.98. The molecule has 1 amide bonds. The monoisotopic (exact) mass is 311 g/mol. The molecule has 0 aliphatic carbocycles. The maximum Gasteiger partial charge on any atom is 0.253 e. The second kappa shape index (κ2) is 6.67. The minimum Gasteiger partial charge on any atom is -0.352 e. The molecule has 1 saturated heterocycles. The van der Waals surface area contributed by atoms with E-state index in [1.165, 1.54) is 24.9 Å². The summed E-state index contributed by atoms with van der Waals surface area (Å²) in [6, 6.07) is 8.70. The third kappa shape index (κ3) is 3.53. The molecule has 0 radical (unpaired) electrons. The summed E-state index contributed by atoms with van der Waals surface area (Å²) < 4.78 is 0. The summed E-state index contributed by atoms with van der Waals surface area (Å²) in [5, 5.41) is 4.09. The van der Waals surface area contributed by atoms with E-state index < -0.39 is 0 Å². The average molecular weight is 311 g/mol. The molecular weight excluding hydrogens is 286 g/mol. The van der Waals surface area contributed by atoms with E-state index in [0.29, 0.717) is 11.6 Å². The lowest BCUT2D eigenvalue weighted by Gasteiger charge is -2.19. The molecule has 3 rings (SSSR count). The summed E-state index contributed by atoms with van der Waals surface area (Å²) in [6.45, 7) is 5.85. The van der Waals surface area contributed by atoms with E-state index in [0.717, 1.165) is 29.6 Å². The standard InChI is InChI=1S/C19H25N3O/c1-13-6-7-18-15(11-13)12-17(14(2)21-18)19(23)20-9-8-16-5-4-10-22(16)3/h6-7,11-12,16H,4-5,8-10H2,1-3H3,(H,20,23)/t16-/m1/s1. The Kier molecular flexibility index (Phi) is 4.62. The van der Waals surface area contributed by atoms with Gasteiger partial charge in [0.1, 0.15) is 0 Å². The van der Waals surface area contributed by atoms with E-state index in [1.807, 2.05) is 25.1 Å². The number of nitrogens with one attached hydrogen (secondary N) is 1. The molecule has 1 aromatic carbocycles. The minimum atomic E-state index is -0.0148. The van der Waals surface area contributed by atoms with E-state index in [1.54, 1.807) is 0 Å². The Bertz CT molecular complexity index is 726. The Morgan fingerprint density at radius 1 is 1.35 bits per heavy atom. The molecular formula is C19H25N3O. The second-order valence-electron chi connectivity index (χ2n) is 6.64. The first kappa shape index (κ1) is 15.9. The number of fused-ring (bicyclic) bond motifs is 1. The summed E-state index contributed by atoms with van der Waals surface area (Å²) in [6.07, 6.45) is 3.52. The van der Waals surface area contributed by atoms with Crippen LogP contribution in [0.1, 0.15) is 40.9 Å². The molecule has 1 aliphatic rings. The van der Waals surface area contributed by atoms with Crippen molar-refractivity contribution in [1.82, 2.24) is 15.2 Å². The summed E-state index contributed by atoms with van der Waals surface area (Å²) >= 11 is 0. The van der Waals surface area contributed by atoms with Gasteiger partial charge in [0.2, 0.25) is 0 Å². The van der Waals surface area contributed by atoms with Gasteiger partial charge in [-0.2, -0.15) is 0 Å². The van der Waals surface area contributed by atoms with Crippen molar-refractivity contribution in [2.75, 3.05) is 20.1 Å². The molecule has 1 atom stereocenters. The Labute approximate surface area is 137 Å². The van der Waals surface area contributed by atoms with Crippen LogP contribution in [0.5, 0.6) is 0 Å². The van der Waals surface area contributed by atoms with Crippen molar-refractivity contribution >= 4 is 16.8 Å². The molecule has 1 aromatic heterocycles. The number of hydrogen-bond acceptors (Lipinski definition) is 3. The van der Waals surface area contributed by atoms with E-state index in [-0.39, 0.29) is 5.91 Å². The predicted molar refractivity (Wildman–Crippen MR) is 93.8 cm³/mol. The Morgan fingerprint density at radius 2 is 2.17 bits per heavy atom. The van der Waals surface area contributed by atoms with Gasteiger partial charge in [-0.15, -0.1) is 0 Å². The first-order chi connectivity index (χ1) is 11.0. The van der Waals surface area contributed by atoms with Gasteiger partial charge in [0.05, 0.1) is 16.8 Å². The van der Waals surface area contributed by atoms with Gasteiger partial charge in [0.15, 0.2) is 0 Å². The van der Waals surface area contributed by atoms with Gasteiger partial charge in [0.25, 0.3) is 5.91 Å². The van der Waals surface area contributed by atoms with Gasteiger partial charge in [-0.3, -0.25) is 9.78 Å². The Morgan fingerprint density at radius 3 is 2.91 bits per heavy atom. The van der Waals surface area contributed by atoms with Gasteiger partial charge in [-0.25, -0.2) is 0 Å². The van der Waals surface area contributed by atoms with Crippen molar-refractivity contribution in [3.63, 3.8) is 0 Å². The van der Waals surface area contributed by atoms with E-state index in [2.05, 4.69) is 35.2 Å². The zero-order chi connectivity index (χ0) is 16.4. The molecule has 1 N–H and O–H groups in total. The number of nitrogens with zero attached hydrogens (tertiary/aromatic N) is 2. The van der Waals surface area contributed by atoms with Crippen LogP contribution < -0.4 is 5.32 Å². The maximum absolute atomic E-state index is 12.5. The number of hydrogen-bond donors (Lipinski definition) is 1. The van der Waals surface area contributed by atoms with Crippen molar-refractivity contribution in [3.05, 3.63) is 41.1 Å². The molecule has 1 aliphatic heterocycles. The number of carbonyl (C=O) groups is 1. The van der Waals surface area contributed by atoms with E-state index in [4.69, 9.17) is 0 Å². The lowest BCUT2D eigenvalue weighted by Crippen LogP contribution is -2.32. The molecule has 122 valence electrons. The number of aromatic nitrogens is 1. The van der Waals surface area contributed by atoms with Crippen LogP contribution in [-0.4, -0.2) is 42.0 Å². The van der Waals surface area contributed by atoms with Gasteiger partial charge in [-0.1, -0.05) is 11.6 Å². The number of rotatable bonds is 4. The highest BCUT2D eigenvalue weighted by Gasteiger charge is 2.20. The van der Waals surface area contributed by atoms with Crippen LogP contribution in [0, 0.1) is 13.8 Å². The SMILES string of the molecule is Cc1ccc2nc(C)c(C(=O)NCC[C@H]3CCCN3C)cc2c1. The summed E-state index contributed by atoms with van der Waals surface area (Å²) in [4.78, 5) is 19.4. The quantitative estimate of drug-likeness (QED) is 0.944. The number of carbonyl (C=O) groups excluding carboxylic acids is 1. The molecule has 23 heavy (non-hydrogen) atoms. The van der Waals surface area contributed by atoms with Crippen LogP contribution in [0.25, 0.3) is 10.9 Å². The van der Waals surface area contributed by atoms with Gasteiger partial charge in [-0.05, 0) is 64.9 Å². The number of pyridine rings is 1. The van der Waals surface area contributed by atoms with Crippen LogP contribution in [0.3, 0.4) is 0 Å². The van der Waals surface area contributed by atoms with Crippen LogP contribution in [0.15, 0.2) is 24.3 Å². The fourth-order valence-electron chi connectivity index (χ4n) is 3.41. The van der Waals surface area contributed by atoms with Gasteiger partial charge < -0.3 is 10.2 Å². The lowest BCUT2D eigenvalue weighted by atomic mass is 10.1. The molecule has 0 spiro atoms. The molecule has 4 nitrogen and oxygen atoms in total. The first-order valence-electron chi connectivity index (χ1n) is 8.41. The molecule has 1 fully saturated rings. The molecule has 0 unspecified atom stereocenters. The van der Waals surface area contributed by atoms with Gasteiger partial charge >= 0.3 is 0 Å². The third-order valence-corrected chi connectivity index (χ3v) is 4.84. The fraction of sp³-hybridized carbons (Fsp3) is 0.474. The zero-order valence-corrected chi connectivity index (χ0v) is 14.2. The highest BCUT2D eigenvalue weighted by Crippen LogP contribution is 2.19. The minimum absolute atomic E-state index is 0.0148.